The van der Waals surface area contributed by atoms with Crippen molar-refractivity contribution in [3.63, 3.8) is 0 Å². The zero-order valence-electron chi connectivity index (χ0n) is 21.4. The molecular formula is C33H42O. The predicted octanol–water partition coefficient (Wildman–Crippen LogP) is 9.95. The van der Waals surface area contributed by atoms with Crippen LogP contribution in [-0.4, -0.2) is 5.78 Å². The number of unbranched alkanes of at least 4 members (excludes halogenated alkanes) is 2. The number of carbonyl (C=O) groups is 1. The molecule has 0 saturated heterocycles. The van der Waals surface area contributed by atoms with Crippen molar-refractivity contribution in [3.05, 3.63) is 81.9 Å². The Labute approximate surface area is 207 Å². The molecular weight excluding hydrogens is 412 g/mol. The third kappa shape index (κ3) is 5.62. The molecule has 2 aromatic rings. The van der Waals surface area contributed by atoms with Crippen LogP contribution in [-0.2, 0) is 0 Å². The summed E-state index contributed by atoms with van der Waals surface area (Å²) >= 11 is 0. The fourth-order valence-electron chi connectivity index (χ4n) is 5.95. The van der Waals surface area contributed by atoms with Gasteiger partial charge in [0.05, 0.1) is 0 Å². The molecule has 1 nitrogen and oxygen atoms in total. The lowest BCUT2D eigenvalue weighted by Crippen LogP contribution is -2.11. The Balaban J connectivity index is 1.76. The minimum absolute atomic E-state index is 0.201. The zero-order chi connectivity index (χ0) is 23.8. The van der Waals surface area contributed by atoms with E-state index >= 15 is 0 Å². The van der Waals surface area contributed by atoms with E-state index < -0.39 is 0 Å². The van der Waals surface area contributed by atoms with Crippen molar-refractivity contribution < 1.29 is 4.79 Å². The summed E-state index contributed by atoms with van der Waals surface area (Å²) in [7, 11) is 0. The van der Waals surface area contributed by atoms with Gasteiger partial charge in [-0.25, -0.2) is 0 Å². The van der Waals surface area contributed by atoms with Crippen LogP contribution < -0.4 is 0 Å². The molecule has 0 saturated carbocycles. The van der Waals surface area contributed by atoms with Gasteiger partial charge in [-0.1, -0.05) is 86.4 Å². The number of ketones is 1. The van der Waals surface area contributed by atoms with E-state index in [0.29, 0.717) is 0 Å². The van der Waals surface area contributed by atoms with Gasteiger partial charge in [0.1, 0.15) is 0 Å². The maximum atomic E-state index is 14.2. The summed E-state index contributed by atoms with van der Waals surface area (Å²) in [6.45, 7) is 4.54. The van der Waals surface area contributed by atoms with Crippen molar-refractivity contribution in [2.75, 3.05) is 0 Å². The van der Waals surface area contributed by atoms with E-state index in [-0.39, 0.29) is 5.78 Å². The topological polar surface area (TPSA) is 17.1 Å². The van der Waals surface area contributed by atoms with Crippen LogP contribution in [0.15, 0.2) is 59.7 Å². The highest BCUT2D eigenvalue weighted by molar-refractivity contribution is 6.14. The number of allylic oxidation sites excluding steroid dienone is 4. The van der Waals surface area contributed by atoms with Crippen LogP contribution in [0.1, 0.15) is 131 Å². The first-order chi connectivity index (χ1) is 16.7. The Morgan fingerprint density at radius 1 is 0.618 bits per heavy atom. The number of hydrogen-bond donors (Lipinski definition) is 0. The third-order valence-corrected chi connectivity index (χ3v) is 7.82. The highest BCUT2D eigenvalue weighted by Gasteiger charge is 2.24. The van der Waals surface area contributed by atoms with Crippen molar-refractivity contribution in [3.8, 4) is 0 Å². The monoisotopic (exact) mass is 454 g/mol. The minimum atomic E-state index is 0.201. The molecule has 0 amide bonds. The summed E-state index contributed by atoms with van der Waals surface area (Å²) in [4.78, 5) is 14.2. The SMILES string of the molecule is CCCCC1=C(c2ccccc2C(=O)c2ccccc2C2=C(CCCC)CCCC2)CCCC1. The van der Waals surface area contributed by atoms with Gasteiger partial charge in [0.15, 0.2) is 5.78 Å². The molecule has 0 bridgehead atoms. The van der Waals surface area contributed by atoms with E-state index in [1.807, 2.05) is 12.1 Å². The maximum Gasteiger partial charge on any atom is 0.194 e. The average molecular weight is 455 g/mol. The molecule has 0 heterocycles. The van der Waals surface area contributed by atoms with Crippen LogP contribution in [0.2, 0.25) is 0 Å². The summed E-state index contributed by atoms with van der Waals surface area (Å²) in [5.41, 5.74) is 10.3. The Hall–Kier alpha value is -2.41. The fraction of sp³-hybridized carbons (Fsp3) is 0.485. The number of rotatable bonds is 10. The summed E-state index contributed by atoms with van der Waals surface area (Å²) in [6.07, 6.45) is 16.9. The minimum Gasteiger partial charge on any atom is -0.289 e. The first-order valence-corrected chi connectivity index (χ1v) is 13.9. The van der Waals surface area contributed by atoms with Gasteiger partial charge in [-0.2, -0.15) is 0 Å². The smallest absolute Gasteiger partial charge is 0.194 e. The molecule has 0 aliphatic heterocycles. The fourth-order valence-corrected chi connectivity index (χ4v) is 5.95. The average Bonchev–Trinajstić information content (AvgIpc) is 2.90. The zero-order valence-corrected chi connectivity index (χ0v) is 21.4. The van der Waals surface area contributed by atoms with Crippen molar-refractivity contribution in [2.45, 2.75) is 104 Å². The molecule has 2 aliphatic rings. The van der Waals surface area contributed by atoms with E-state index in [1.54, 1.807) is 11.1 Å². The second-order valence-electron chi connectivity index (χ2n) is 10.2. The van der Waals surface area contributed by atoms with Gasteiger partial charge in [0.2, 0.25) is 0 Å². The van der Waals surface area contributed by atoms with Crippen molar-refractivity contribution in [2.24, 2.45) is 0 Å². The molecule has 4 rings (SSSR count). The van der Waals surface area contributed by atoms with Crippen molar-refractivity contribution >= 4 is 16.9 Å². The van der Waals surface area contributed by atoms with Crippen LogP contribution in [0, 0.1) is 0 Å². The van der Waals surface area contributed by atoms with Crippen LogP contribution in [0.5, 0.6) is 0 Å². The van der Waals surface area contributed by atoms with Crippen LogP contribution in [0.3, 0.4) is 0 Å². The van der Waals surface area contributed by atoms with Gasteiger partial charge in [0, 0.05) is 11.1 Å². The molecule has 0 radical (unpaired) electrons. The largest absolute Gasteiger partial charge is 0.289 e. The molecule has 0 spiro atoms. The number of hydrogen-bond acceptors (Lipinski definition) is 1. The van der Waals surface area contributed by atoms with Gasteiger partial charge >= 0.3 is 0 Å². The first kappa shape index (κ1) is 24.7. The Morgan fingerprint density at radius 2 is 1.03 bits per heavy atom. The second kappa shape index (κ2) is 12.3. The lowest BCUT2D eigenvalue weighted by Gasteiger charge is -2.24. The Kier molecular flexibility index (Phi) is 8.97. The first-order valence-electron chi connectivity index (χ1n) is 13.9. The highest BCUT2D eigenvalue weighted by Crippen LogP contribution is 2.39. The molecule has 1 heteroatoms. The van der Waals surface area contributed by atoms with E-state index in [4.69, 9.17) is 0 Å². The summed E-state index contributed by atoms with van der Waals surface area (Å²) in [5.74, 6) is 0.201. The second-order valence-corrected chi connectivity index (χ2v) is 10.2. The van der Waals surface area contributed by atoms with E-state index in [9.17, 15) is 4.79 Å². The van der Waals surface area contributed by atoms with Crippen molar-refractivity contribution in [1.82, 2.24) is 0 Å². The van der Waals surface area contributed by atoms with Crippen LogP contribution in [0.25, 0.3) is 11.1 Å². The molecule has 0 aromatic heterocycles. The maximum absolute atomic E-state index is 14.2. The molecule has 0 fully saturated rings. The van der Waals surface area contributed by atoms with Gasteiger partial charge in [-0.15, -0.1) is 0 Å². The standard InChI is InChI=1S/C33H42O/c1-3-5-15-25-17-7-9-19-27(25)29-21-11-13-23-31(29)33(34)32-24-14-12-22-30(32)28-20-10-8-18-26(28)16-6-4-2/h11-14,21-24H,3-10,15-20H2,1-2H3. The van der Waals surface area contributed by atoms with Gasteiger partial charge in [-0.05, 0) is 99.3 Å². The lowest BCUT2D eigenvalue weighted by atomic mass is 9.80. The molecule has 34 heavy (non-hydrogen) atoms. The molecule has 0 atom stereocenters. The molecule has 2 aromatic carbocycles. The number of benzene rings is 2. The summed E-state index contributed by atoms with van der Waals surface area (Å²) in [5, 5.41) is 0. The van der Waals surface area contributed by atoms with Crippen LogP contribution in [0.4, 0.5) is 0 Å². The molecule has 2 aliphatic carbocycles. The lowest BCUT2D eigenvalue weighted by molar-refractivity contribution is 0.103. The predicted molar refractivity (Wildman–Crippen MR) is 146 cm³/mol. The van der Waals surface area contributed by atoms with E-state index in [2.05, 4.69) is 50.2 Å². The molecule has 180 valence electrons. The Morgan fingerprint density at radius 3 is 1.47 bits per heavy atom. The normalized spacial score (nSPS) is 16.8. The Bertz CT molecular complexity index is 968. The molecule has 0 N–H and O–H groups in total. The summed E-state index contributed by atoms with van der Waals surface area (Å²) < 4.78 is 0. The van der Waals surface area contributed by atoms with E-state index in [0.717, 1.165) is 24.0 Å². The third-order valence-electron chi connectivity index (χ3n) is 7.82. The van der Waals surface area contributed by atoms with Crippen LogP contribution >= 0.6 is 0 Å². The molecule has 0 unspecified atom stereocenters. The van der Waals surface area contributed by atoms with Crippen molar-refractivity contribution in [1.29, 1.82) is 0 Å². The highest BCUT2D eigenvalue weighted by atomic mass is 16.1. The quantitative estimate of drug-likeness (QED) is 0.326. The van der Waals surface area contributed by atoms with Gasteiger partial charge in [-0.3, -0.25) is 4.79 Å². The van der Waals surface area contributed by atoms with Gasteiger partial charge < -0.3 is 0 Å². The summed E-state index contributed by atoms with van der Waals surface area (Å²) in [6, 6.07) is 16.9. The van der Waals surface area contributed by atoms with Gasteiger partial charge in [0.25, 0.3) is 0 Å². The van der Waals surface area contributed by atoms with E-state index in [1.165, 1.54) is 99.3 Å². The number of carbonyl (C=O) groups excluding carboxylic acids is 1.